The fourth-order valence-corrected chi connectivity index (χ4v) is 6.59. The summed E-state index contributed by atoms with van der Waals surface area (Å²) in [4.78, 5) is 23.1. The molecule has 23 heavy (non-hydrogen) atoms. The minimum Gasteiger partial charge on any atom is -0.484 e. The topological polar surface area (TPSA) is 67.4 Å². The molecule has 0 aliphatic carbocycles. The Balaban J connectivity index is 1.46. The number of ether oxygens (including phenoxy) is 1. The van der Waals surface area contributed by atoms with Gasteiger partial charge in [-0.15, -0.1) is 11.8 Å². The summed E-state index contributed by atoms with van der Waals surface area (Å²) in [6, 6.07) is 9.18. The van der Waals surface area contributed by atoms with Crippen LogP contribution in [0.3, 0.4) is 0 Å². The van der Waals surface area contributed by atoms with E-state index >= 15 is 0 Å². The summed E-state index contributed by atoms with van der Waals surface area (Å²) in [6.45, 7) is -0.0560. The minimum absolute atomic E-state index is 0.0560. The number of rotatable bonds is 5. The van der Waals surface area contributed by atoms with E-state index in [1.54, 1.807) is 23.9 Å². The molecule has 1 amide bonds. The lowest BCUT2D eigenvalue weighted by atomic mass is 10.3. The zero-order valence-corrected chi connectivity index (χ0v) is 15.0. The molecule has 0 bridgehead atoms. The third kappa shape index (κ3) is 4.77. The van der Waals surface area contributed by atoms with Crippen LogP contribution in [0.1, 0.15) is 0 Å². The van der Waals surface area contributed by atoms with Crippen LogP contribution in [-0.4, -0.2) is 18.3 Å². The van der Waals surface area contributed by atoms with Gasteiger partial charge in [0.05, 0.1) is 8.42 Å². The van der Waals surface area contributed by atoms with E-state index in [-0.39, 0.29) is 16.6 Å². The van der Waals surface area contributed by atoms with E-state index in [1.165, 1.54) is 34.4 Å². The van der Waals surface area contributed by atoms with E-state index in [0.29, 0.717) is 11.5 Å². The standard InChI is InChI=1S/C14H12N2O3S4/c17-11(6-19-10-4-2-1-3-5-10)16-15-9-7-20-12-13(21-8-9)23-14(18)22-12/h1-5,7,15H,6,8H2,(H,16,17). The van der Waals surface area contributed by atoms with Crippen molar-refractivity contribution in [2.45, 2.75) is 8.42 Å². The maximum Gasteiger partial charge on any atom is 0.289 e. The lowest BCUT2D eigenvalue weighted by Gasteiger charge is -2.11. The van der Waals surface area contributed by atoms with E-state index in [1.807, 2.05) is 23.6 Å². The molecule has 1 aromatic carbocycles. The maximum atomic E-state index is 11.8. The van der Waals surface area contributed by atoms with Crippen molar-refractivity contribution < 1.29 is 9.53 Å². The van der Waals surface area contributed by atoms with Gasteiger partial charge in [0.25, 0.3) is 9.96 Å². The highest BCUT2D eigenvalue weighted by atomic mass is 32.2. The van der Waals surface area contributed by atoms with Gasteiger partial charge in [-0.2, -0.15) is 0 Å². The summed E-state index contributed by atoms with van der Waals surface area (Å²) in [5.74, 6) is 1.07. The first-order valence-electron chi connectivity index (χ1n) is 6.56. The number of nitrogens with one attached hydrogen (secondary N) is 2. The molecule has 2 aromatic rings. The molecule has 0 spiro atoms. The summed E-state index contributed by atoms with van der Waals surface area (Å²) in [5.41, 5.74) is 6.41. The smallest absolute Gasteiger partial charge is 0.289 e. The Labute approximate surface area is 149 Å². The van der Waals surface area contributed by atoms with Crippen LogP contribution in [0.25, 0.3) is 0 Å². The van der Waals surface area contributed by atoms with Crippen molar-refractivity contribution in [2.75, 3.05) is 12.4 Å². The Morgan fingerprint density at radius 1 is 1.17 bits per heavy atom. The molecule has 0 radical (unpaired) electrons. The van der Waals surface area contributed by atoms with Crippen molar-refractivity contribution in [1.29, 1.82) is 0 Å². The number of hydrogen-bond donors (Lipinski definition) is 2. The molecule has 0 saturated carbocycles. The fourth-order valence-electron chi connectivity index (χ4n) is 1.64. The monoisotopic (exact) mass is 384 g/mol. The molecule has 5 nitrogen and oxygen atoms in total. The highest BCUT2D eigenvalue weighted by Gasteiger charge is 2.15. The first kappa shape index (κ1) is 16.4. The predicted octanol–water partition coefficient (Wildman–Crippen LogP) is 2.91. The van der Waals surface area contributed by atoms with E-state index in [4.69, 9.17) is 4.74 Å². The lowest BCUT2D eigenvalue weighted by molar-refractivity contribution is -0.123. The SMILES string of the molecule is O=C(COc1ccccc1)NNC1=CSc2sc(=O)sc2SC1. The third-order valence-electron chi connectivity index (χ3n) is 2.66. The van der Waals surface area contributed by atoms with Crippen LogP contribution in [0.15, 0.2) is 54.6 Å². The van der Waals surface area contributed by atoms with Crippen molar-refractivity contribution in [1.82, 2.24) is 10.9 Å². The molecule has 0 atom stereocenters. The molecule has 0 unspecified atom stereocenters. The highest BCUT2D eigenvalue weighted by molar-refractivity contribution is 8.07. The van der Waals surface area contributed by atoms with Crippen LogP contribution in [0.4, 0.5) is 0 Å². The van der Waals surface area contributed by atoms with Gasteiger partial charge in [-0.05, 0) is 17.5 Å². The number of thioether (sulfide) groups is 2. The van der Waals surface area contributed by atoms with E-state index in [9.17, 15) is 9.59 Å². The molecule has 2 N–H and O–H groups in total. The second-order valence-corrected chi connectivity index (χ2v) is 8.96. The van der Waals surface area contributed by atoms with Gasteiger partial charge < -0.3 is 10.2 Å². The summed E-state index contributed by atoms with van der Waals surface area (Å²) < 4.78 is 7.54. The normalized spacial score (nSPS) is 13.5. The van der Waals surface area contributed by atoms with Crippen molar-refractivity contribution in [3.8, 4) is 5.75 Å². The molecule has 1 aliphatic heterocycles. The van der Waals surface area contributed by atoms with Gasteiger partial charge in [0.2, 0.25) is 0 Å². The average molecular weight is 385 g/mol. The molecule has 0 fully saturated rings. The number of para-hydroxylation sites is 1. The Morgan fingerprint density at radius 2 is 1.96 bits per heavy atom. The molecule has 1 aliphatic rings. The van der Waals surface area contributed by atoms with Gasteiger partial charge in [-0.3, -0.25) is 15.0 Å². The first-order chi connectivity index (χ1) is 11.2. The zero-order valence-electron chi connectivity index (χ0n) is 11.7. The van der Waals surface area contributed by atoms with Gasteiger partial charge >= 0.3 is 0 Å². The summed E-state index contributed by atoms with van der Waals surface area (Å²) in [6.07, 6.45) is 0. The number of hydrogen-bond acceptors (Lipinski definition) is 8. The molecule has 0 saturated heterocycles. The largest absolute Gasteiger partial charge is 0.484 e. The molecule has 1 aromatic heterocycles. The van der Waals surface area contributed by atoms with Crippen LogP contribution in [-0.2, 0) is 4.79 Å². The van der Waals surface area contributed by atoms with Crippen molar-refractivity contribution in [3.63, 3.8) is 0 Å². The van der Waals surface area contributed by atoms with Crippen molar-refractivity contribution in [2.24, 2.45) is 0 Å². The van der Waals surface area contributed by atoms with Gasteiger partial charge in [0, 0.05) is 11.4 Å². The van der Waals surface area contributed by atoms with E-state index in [0.717, 1.165) is 14.1 Å². The van der Waals surface area contributed by atoms with Gasteiger partial charge in [0.1, 0.15) is 5.75 Å². The van der Waals surface area contributed by atoms with Crippen LogP contribution in [0, 0.1) is 0 Å². The van der Waals surface area contributed by atoms with E-state index in [2.05, 4.69) is 10.9 Å². The Bertz CT molecular complexity index is 770. The molecular weight excluding hydrogens is 372 g/mol. The maximum absolute atomic E-state index is 11.8. The Hall–Kier alpha value is -1.42. The zero-order chi connectivity index (χ0) is 16.1. The van der Waals surface area contributed by atoms with Gasteiger partial charge in [0.15, 0.2) is 6.61 Å². The Morgan fingerprint density at radius 3 is 2.78 bits per heavy atom. The first-order valence-corrected chi connectivity index (χ1v) is 10.1. The number of amides is 1. The molecule has 3 rings (SSSR count). The number of fused-ring (bicyclic) bond motifs is 1. The predicted molar refractivity (Wildman–Crippen MR) is 96.3 cm³/mol. The van der Waals surface area contributed by atoms with Crippen molar-refractivity contribution in [3.05, 3.63) is 50.3 Å². The fraction of sp³-hybridized carbons (Fsp3) is 0.143. The molecular formula is C14H12N2O3S4. The number of benzene rings is 1. The number of carbonyl (C=O) groups is 1. The third-order valence-corrected chi connectivity index (χ3v) is 7.67. The molecule has 120 valence electrons. The van der Waals surface area contributed by atoms with Gasteiger partial charge in [-0.25, -0.2) is 0 Å². The minimum atomic E-state index is -0.256. The summed E-state index contributed by atoms with van der Waals surface area (Å²) in [7, 11) is 0. The van der Waals surface area contributed by atoms with Crippen LogP contribution < -0.4 is 19.6 Å². The lowest BCUT2D eigenvalue weighted by Crippen LogP contribution is -2.40. The number of carbonyl (C=O) groups excluding carboxylic acids is 1. The van der Waals surface area contributed by atoms with Crippen LogP contribution >= 0.6 is 46.2 Å². The molecule has 9 heteroatoms. The second-order valence-electron chi connectivity index (χ2n) is 4.35. The van der Waals surface area contributed by atoms with E-state index < -0.39 is 0 Å². The van der Waals surface area contributed by atoms with Crippen LogP contribution in [0.5, 0.6) is 5.75 Å². The van der Waals surface area contributed by atoms with Crippen molar-refractivity contribution >= 4 is 52.1 Å². The quantitative estimate of drug-likeness (QED) is 0.773. The van der Waals surface area contributed by atoms with Crippen LogP contribution in [0.2, 0.25) is 0 Å². The summed E-state index contributed by atoms with van der Waals surface area (Å²) >= 11 is 5.63. The summed E-state index contributed by atoms with van der Waals surface area (Å²) in [5, 5.41) is 1.92. The average Bonchev–Trinajstić information content (AvgIpc) is 2.82. The Kier molecular flexibility index (Phi) is 5.65. The second kappa shape index (κ2) is 7.91. The number of hydrazine groups is 1. The van der Waals surface area contributed by atoms with Gasteiger partial charge in [-0.1, -0.05) is 52.6 Å². The highest BCUT2D eigenvalue weighted by Crippen LogP contribution is 2.40. The molecule has 2 heterocycles.